The number of hydrogen-bond acceptors (Lipinski definition) is 5. The number of hydrogen-bond donors (Lipinski definition) is 0. The molecule has 0 aromatic carbocycles. The molecular formula is C12H16N2O4S. The second-order valence-electron chi connectivity index (χ2n) is 4.41. The zero-order valence-corrected chi connectivity index (χ0v) is 11.5. The number of ether oxygens (including phenoxy) is 1. The molecule has 0 saturated carbocycles. The van der Waals surface area contributed by atoms with Gasteiger partial charge in [0, 0.05) is 25.5 Å². The van der Waals surface area contributed by atoms with E-state index in [1.54, 1.807) is 6.07 Å². The lowest BCUT2D eigenvalue weighted by Gasteiger charge is -2.30. The molecule has 1 aromatic rings. The molecule has 1 fully saturated rings. The van der Waals surface area contributed by atoms with E-state index in [1.165, 1.54) is 29.9 Å². The number of aromatic nitrogens is 1. The molecule has 1 atom stereocenters. The Bertz CT molecular complexity index is 544. The quantitative estimate of drug-likeness (QED) is 0.762. The van der Waals surface area contributed by atoms with E-state index in [2.05, 4.69) is 9.72 Å². The van der Waals surface area contributed by atoms with Crippen LogP contribution >= 0.6 is 0 Å². The summed E-state index contributed by atoms with van der Waals surface area (Å²) in [5.41, 5.74) is 0. The van der Waals surface area contributed by atoms with Gasteiger partial charge in [0.15, 0.2) is 0 Å². The van der Waals surface area contributed by atoms with Crippen LogP contribution in [0.2, 0.25) is 0 Å². The highest BCUT2D eigenvalue weighted by Crippen LogP contribution is 2.23. The molecule has 2 rings (SSSR count). The standard InChI is InChI=1S/C12H16N2O4S/c1-18-12(15)10-4-3-7-14(9-10)19(16,17)11-5-2-6-13-8-11/h2,5-6,8,10H,3-4,7,9H2,1H3. The van der Waals surface area contributed by atoms with E-state index in [1.807, 2.05) is 0 Å². The van der Waals surface area contributed by atoms with Crippen molar-refractivity contribution in [3.63, 3.8) is 0 Å². The van der Waals surface area contributed by atoms with Crippen molar-refractivity contribution in [2.24, 2.45) is 5.92 Å². The maximum absolute atomic E-state index is 12.4. The number of methoxy groups -OCH3 is 1. The second kappa shape index (κ2) is 5.66. The topological polar surface area (TPSA) is 76.6 Å². The Balaban J connectivity index is 2.20. The molecule has 104 valence electrons. The zero-order valence-electron chi connectivity index (χ0n) is 10.7. The van der Waals surface area contributed by atoms with E-state index in [4.69, 9.17) is 0 Å². The minimum atomic E-state index is -3.57. The third-order valence-electron chi connectivity index (χ3n) is 3.19. The molecule has 1 aliphatic heterocycles. The lowest BCUT2D eigenvalue weighted by molar-refractivity contribution is -0.146. The largest absolute Gasteiger partial charge is 0.469 e. The Labute approximate surface area is 112 Å². The van der Waals surface area contributed by atoms with E-state index in [0.717, 1.165) is 0 Å². The van der Waals surface area contributed by atoms with Crippen LogP contribution in [-0.2, 0) is 19.6 Å². The number of sulfonamides is 1. The number of pyridine rings is 1. The third-order valence-corrected chi connectivity index (χ3v) is 5.04. The Morgan fingerprint density at radius 2 is 2.32 bits per heavy atom. The van der Waals surface area contributed by atoms with Crippen LogP contribution in [0, 0.1) is 5.92 Å². The lowest BCUT2D eigenvalue weighted by atomic mass is 10.0. The molecule has 7 heteroatoms. The van der Waals surface area contributed by atoms with Gasteiger partial charge in [0.1, 0.15) is 4.90 Å². The second-order valence-corrected chi connectivity index (χ2v) is 6.35. The van der Waals surface area contributed by atoms with Gasteiger partial charge in [0.25, 0.3) is 0 Å². The van der Waals surface area contributed by atoms with Crippen LogP contribution in [0.4, 0.5) is 0 Å². The minimum Gasteiger partial charge on any atom is -0.469 e. The molecule has 1 unspecified atom stereocenters. The first kappa shape index (κ1) is 14.0. The van der Waals surface area contributed by atoms with E-state index < -0.39 is 10.0 Å². The van der Waals surface area contributed by atoms with Crippen LogP contribution in [0.25, 0.3) is 0 Å². The first-order valence-corrected chi connectivity index (χ1v) is 7.47. The molecule has 1 saturated heterocycles. The molecule has 0 bridgehead atoms. The third kappa shape index (κ3) is 2.93. The predicted octanol–water partition coefficient (Wildman–Crippen LogP) is 0.655. The average Bonchev–Trinajstić information content (AvgIpc) is 2.47. The fourth-order valence-electron chi connectivity index (χ4n) is 2.17. The van der Waals surface area contributed by atoms with Gasteiger partial charge in [-0.3, -0.25) is 9.78 Å². The predicted molar refractivity (Wildman–Crippen MR) is 67.7 cm³/mol. The summed E-state index contributed by atoms with van der Waals surface area (Å²) in [5, 5.41) is 0. The molecule has 1 aliphatic rings. The summed E-state index contributed by atoms with van der Waals surface area (Å²) >= 11 is 0. The Hall–Kier alpha value is -1.47. The van der Waals surface area contributed by atoms with Gasteiger partial charge in [-0.05, 0) is 25.0 Å². The molecule has 6 nitrogen and oxygen atoms in total. The number of rotatable bonds is 3. The van der Waals surface area contributed by atoms with E-state index in [-0.39, 0.29) is 23.3 Å². The molecule has 0 amide bonds. The van der Waals surface area contributed by atoms with Gasteiger partial charge in [-0.25, -0.2) is 8.42 Å². The molecule has 2 heterocycles. The monoisotopic (exact) mass is 284 g/mol. The van der Waals surface area contributed by atoms with Crippen LogP contribution < -0.4 is 0 Å². The van der Waals surface area contributed by atoms with Gasteiger partial charge in [0.05, 0.1) is 13.0 Å². The number of carbonyl (C=O) groups is 1. The van der Waals surface area contributed by atoms with Gasteiger partial charge in [-0.2, -0.15) is 4.31 Å². The van der Waals surface area contributed by atoms with Crippen molar-refractivity contribution in [2.75, 3.05) is 20.2 Å². The molecule has 19 heavy (non-hydrogen) atoms. The molecule has 0 radical (unpaired) electrons. The van der Waals surface area contributed by atoms with Gasteiger partial charge < -0.3 is 4.74 Å². The summed E-state index contributed by atoms with van der Waals surface area (Å²) < 4.78 is 30.8. The summed E-state index contributed by atoms with van der Waals surface area (Å²) in [4.78, 5) is 15.5. The van der Waals surface area contributed by atoms with Crippen molar-refractivity contribution in [3.8, 4) is 0 Å². The first-order chi connectivity index (χ1) is 9.05. The van der Waals surface area contributed by atoms with Gasteiger partial charge in [-0.1, -0.05) is 0 Å². The van der Waals surface area contributed by atoms with Crippen LogP contribution in [0.5, 0.6) is 0 Å². The summed E-state index contributed by atoms with van der Waals surface area (Å²) in [7, 11) is -2.26. The summed E-state index contributed by atoms with van der Waals surface area (Å²) in [6.45, 7) is 0.592. The molecule has 0 N–H and O–H groups in total. The Morgan fingerprint density at radius 1 is 1.53 bits per heavy atom. The summed E-state index contributed by atoms with van der Waals surface area (Å²) in [6, 6.07) is 3.08. The van der Waals surface area contributed by atoms with Gasteiger partial charge in [-0.15, -0.1) is 0 Å². The smallest absolute Gasteiger partial charge is 0.309 e. The first-order valence-electron chi connectivity index (χ1n) is 6.03. The van der Waals surface area contributed by atoms with Crippen molar-refractivity contribution >= 4 is 16.0 Å². The Morgan fingerprint density at radius 3 is 2.95 bits per heavy atom. The SMILES string of the molecule is COC(=O)C1CCCN(S(=O)(=O)c2cccnc2)C1. The number of nitrogens with zero attached hydrogens (tertiary/aromatic N) is 2. The van der Waals surface area contributed by atoms with E-state index in [0.29, 0.717) is 19.4 Å². The van der Waals surface area contributed by atoms with Crippen LogP contribution in [0.1, 0.15) is 12.8 Å². The Kier molecular flexibility index (Phi) is 4.16. The van der Waals surface area contributed by atoms with Crippen molar-refractivity contribution in [1.82, 2.24) is 9.29 Å². The van der Waals surface area contributed by atoms with Crippen LogP contribution in [0.15, 0.2) is 29.4 Å². The molecule has 1 aromatic heterocycles. The highest BCUT2D eigenvalue weighted by Gasteiger charge is 2.33. The highest BCUT2D eigenvalue weighted by atomic mass is 32.2. The van der Waals surface area contributed by atoms with Crippen molar-refractivity contribution < 1.29 is 17.9 Å². The maximum atomic E-state index is 12.4. The highest BCUT2D eigenvalue weighted by molar-refractivity contribution is 7.89. The normalized spacial score (nSPS) is 21.0. The van der Waals surface area contributed by atoms with Crippen LogP contribution in [0.3, 0.4) is 0 Å². The molecule has 0 aliphatic carbocycles. The molecular weight excluding hydrogens is 268 g/mol. The van der Waals surface area contributed by atoms with E-state index >= 15 is 0 Å². The van der Waals surface area contributed by atoms with Crippen molar-refractivity contribution in [3.05, 3.63) is 24.5 Å². The van der Waals surface area contributed by atoms with Crippen molar-refractivity contribution in [1.29, 1.82) is 0 Å². The fraction of sp³-hybridized carbons (Fsp3) is 0.500. The minimum absolute atomic E-state index is 0.153. The zero-order chi connectivity index (χ0) is 13.9. The number of esters is 1. The number of carbonyl (C=O) groups excluding carboxylic acids is 1. The van der Waals surface area contributed by atoms with E-state index in [9.17, 15) is 13.2 Å². The number of piperidine rings is 1. The lowest BCUT2D eigenvalue weighted by Crippen LogP contribution is -2.42. The molecule has 0 spiro atoms. The summed E-state index contributed by atoms with van der Waals surface area (Å²) in [6.07, 6.45) is 4.15. The van der Waals surface area contributed by atoms with Crippen LogP contribution in [-0.4, -0.2) is 43.9 Å². The average molecular weight is 284 g/mol. The summed E-state index contributed by atoms with van der Waals surface area (Å²) in [5.74, 6) is -0.740. The fourth-order valence-corrected chi connectivity index (χ4v) is 3.66. The maximum Gasteiger partial charge on any atom is 0.309 e. The van der Waals surface area contributed by atoms with Gasteiger partial charge in [0.2, 0.25) is 10.0 Å². The van der Waals surface area contributed by atoms with Crippen molar-refractivity contribution in [2.45, 2.75) is 17.7 Å². The van der Waals surface area contributed by atoms with Gasteiger partial charge >= 0.3 is 5.97 Å².